The fourth-order valence-corrected chi connectivity index (χ4v) is 0.384. The molecule has 84 valence electrons. The molecule has 0 aliphatic rings. The van der Waals surface area contributed by atoms with Gasteiger partial charge in [0.2, 0.25) is 0 Å². The fraction of sp³-hybridized carbons (Fsp3) is 0.778. The van der Waals surface area contributed by atoms with Crippen molar-refractivity contribution in [3.05, 3.63) is 0 Å². The van der Waals surface area contributed by atoms with E-state index in [1.54, 1.807) is 0 Å². The van der Waals surface area contributed by atoms with Gasteiger partial charge in [0.05, 0.1) is 28.2 Å². The maximum atomic E-state index is 9.77. The summed E-state index contributed by atoms with van der Waals surface area (Å²) >= 11 is 0. The summed E-state index contributed by atoms with van der Waals surface area (Å²) in [6, 6.07) is 0. The van der Waals surface area contributed by atoms with Gasteiger partial charge in [-0.25, -0.2) is 0 Å². The smallest absolute Gasteiger partial charge is 0.303 e. The Morgan fingerprint density at radius 1 is 1.14 bits per heavy atom. The number of carbonyl (C=O) groups excluding carboxylic acids is 1. The van der Waals surface area contributed by atoms with E-state index in [-0.39, 0.29) is 19.3 Å². The van der Waals surface area contributed by atoms with E-state index in [1.165, 1.54) is 0 Å². The molecular formula is C9H19NO4. The average Bonchev–Trinajstić information content (AvgIpc) is 1.80. The molecule has 5 heteroatoms. The van der Waals surface area contributed by atoms with Gasteiger partial charge in [0.25, 0.3) is 0 Å². The number of quaternary nitrogens is 1. The first-order valence-corrected chi connectivity index (χ1v) is 4.33. The largest absolute Gasteiger partial charge is 0.550 e. The summed E-state index contributed by atoms with van der Waals surface area (Å²) in [6.45, 7) is 0. The predicted octanol–water partition coefficient (Wildman–Crippen LogP) is -0.686. The van der Waals surface area contributed by atoms with Crippen molar-refractivity contribution in [2.75, 3.05) is 28.2 Å². The zero-order valence-corrected chi connectivity index (χ0v) is 9.24. The van der Waals surface area contributed by atoms with Crippen LogP contribution in [0.1, 0.15) is 19.3 Å². The minimum absolute atomic E-state index is 0.103. The number of carbonyl (C=O) groups is 2. The van der Waals surface area contributed by atoms with Crippen LogP contribution in [0.3, 0.4) is 0 Å². The highest BCUT2D eigenvalue weighted by molar-refractivity contribution is 5.68. The predicted molar refractivity (Wildman–Crippen MR) is 50.5 cm³/mol. The zero-order chi connectivity index (χ0) is 11.8. The maximum Gasteiger partial charge on any atom is 0.303 e. The van der Waals surface area contributed by atoms with Crippen LogP contribution in [0.25, 0.3) is 0 Å². The highest BCUT2D eigenvalue weighted by Crippen LogP contribution is 1.92. The lowest BCUT2D eigenvalue weighted by Crippen LogP contribution is -2.27. The van der Waals surface area contributed by atoms with Crippen molar-refractivity contribution in [1.82, 2.24) is 0 Å². The molecule has 0 aliphatic carbocycles. The molecule has 14 heavy (non-hydrogen) atoms. The summed E-state index contributed by atoms with van der Waals surface area (Å²) < 4.78 is 1.00. The second-order valence-electron chi connectivity index (χ2n) is 4.30. The number of hydrogen-bond donors (Lipinski definition) is 1. The molecule has 0 rings (SSSR count). The Hall–Kier alpha value is -1.10. The molecule has 0 aromatic heterocycles. The molecule has 0 radical (unpaired) electrons. The number of nitrogens with zero attached hydrogens (tertiary/aromatic N) is 1. The molecular weight excluding hydrogens is 186 g/mol. The summed E-state index contributed by atoms with van der Waals surface area (Å²) in [6.07, 6.45) is -0.127. The monoisotopic (exact) mass is 205 g/mol. The van der Waals surface area contributed by atoms with Gasteiger partial charge in [-0.15, -0.1) is 0 Å². The van der Waals surface area contributed by atoms with Gasteiger partial charge < -0.3 is 19.5 Å². The van der Waals surface area contributed by atoms with Gasteiger partial charge in [0.1, 0.15) is 0 Å². The van der Waals surface area contributed by atoms with E-state index in [2.05, 4.69) is 28.2 Å². The molecule has 0 spiro atoms. The molecule has 0 unspecified atom stereocenters. The van der Waals surface area contributed by atoms with Gasteiger partial charge >= 0.3 is 5.97 Å². The summed E-state index contributed by atoms with van der Waals surface area (Å²) in [5, 5.41) is 17.7. The molecule has 1 N–H and O–H groups in total. The highest BCUT2D eigenvalue weighted by Gasteiger charge is 1.94. The number of carboxylic acid groups (broad SMARTS) is 2. The minimum atomic E-state index is -1.20. The quantitative estimate of drug-likeness (QED) is 0.616. The highest BCUT2D eigenvalue weighted by atomic mass is 16.4. The lowest BCUT2D eigenvalue weighted by Gasteiger charge is -2.14. The zero-order valence-electron chi connectivity index (χ0n) is 9.24. The molecule has 0 fully saturated rings. The third kappa shape index (κ3) is 44.5. The first kappa shape index (κ1) is 15.4. The maximum absolute atomic E-state index is 9.77. The van der Waals surface area contributed by atoms with E-state index in [0.29, 0.717) is 0 Å². The number of hydrogen-bond acceptors (Lipinski definition) is 3. The van der Waals surface area contributed by atoms with Crippen LogP contribution in [-0.2, 0) is 9.59 Å². The number of rotatable bonds is 4. The van der Waals surface area contributed by atoms with Gasteiger partial charge in [-0.1, -0.05) is 0 Å². The van der Waals surface area contributed by atoms with Crippen molar-refractivity contribution >= 4 is 11.9 Å². The van der Waals surface area contributed by atoms with Crippen LogP contribution < -0.4 is 5.11 Å². The number of aliphatic carboxylic acids is 2. The van der Waals surface area contributed by atoms with Gasteiger partial charge in [0, 0.05) is 12.4 Å². The minimum Gasteiger partial charge on any atom is -0.550 e. The van der Waals surface area contributed by atoms with E-state index < -0.39 is 11.9 Å². The van der Waals surface area contributed by atoms with Crippen molar-refractivity contribution in [3.8, 4) is 0 Å². The van der Waals surface area contributed by atoms with Gasteiger partial charge in [0.15, 0.2) is 0 Å². The molecule has 0 heterocycles. The Kier molecular flexibility index (Phi) is 8.04. The van der Waals surface area contributed by atoms with Crippen molar-refractivity contribution in [1.29, 1.82) is 0 Å². The van der Waals surface area contributed by atoms with Crippen molar-refractivity contribution in [2.45, 2.75) is 19.3 Å². The first-order chi connectivity index (χ1) is 6.13. The van der Waals surface area contributed by atoms with Crippen LogP contribution in [-0.4, -0.2) is 49.7 Å². The van der Waals surface area contributed by atoms with Crippen LogP contribution in [0.5, 0.6) is 0 Å². The third-order valence-electron chi connectivity index (χ3n) is 0.772. The lowest BCUT2D eigenvalue weighted by molar-refractivity contribution is -0.849. The third-order valence-corrected chi connectivity index (χ3v) is 0.772. The molecule has 5 nitrogen and oxygen atoms in total. The molecule has 0 saturated heterocycles. The normalized spacial score (nSPS) is 10.0. The molecule has 0 amide bonds. The van der Waals surface area contributed by atoms with Gasteiger partial charge in [-0.05, 0) is 12.8 Å². The van der Waals surface area contributed by atoms with Gasteiger partial charge in [-0.3, -0.25) is 4.79 Å². The SMILES string of the molecule is C[N+](C)(C)C.O=C([O-])CCCC(=O)O. The van der Waals surface area contributed by atoms with E-state index >= 15 is 0 Å². The van der Waals surface area contributed by atoms with Crippen molar-refractivity contribution in [2.24, 2.45) is 0 Å². The van der Waals surface area contributed by atoms with Crippen LogP contribution in [0.15, 0.2) is 0 Å². The van der Waals surface area contributed by atoms with Crippen LogP contribution in [0, 0.1) is 0 Å². The summed E-state index contributed by atoms with van der Waals surface area (Å²) in [7, 11) is 8.50. The van der Waals surface area contributed by atoms with E-state index in [0.717, 1.165) is 4.48 Å². The molecule has 0 atom stereocenters. The second kappa shape index (κ2) is 7.32. The van der Waals surface area contributed by atoms with Crippen LogP contribution in [0.4, 0.5) is 0 Å². The van der Waals surface area contributed by atoms with Crippen molar-refractivity contribution < 1.29 is 24.3 Å². The standard InChI is InChI=1S/C5H8O4.C4H12N/c6-4(7)2-1-3-5(8)9;1-5(2,3)4/h1-3H2,(H,6,7)(H,8,9);1-4H3/q;+1/p-1. The van der Waals surface area contributed by atoms with Crippen molar-refractivity contribution in [3.63, 3.8) is 0 Å². The fourth-order valence-electron chi connectivity index (χ4n) is 0.384. The Labute approximate surface area is 84.5 Å². The Morgan fingerprint density at radius 2 is 1.50 bits per heavy atom. The topological polar surface area (TPSA) is 77.4 Å². The summed E-state index contributed by atoms with van der Waals surface area (Å²) in [5.41, 5.74) is 0. The Balaban J connectivity index is 0. The summed E-state index contributed by atoms with van der Waals surface area (Å²) in [5.74, 6) is -2.17. The summed E-state index contributed by atoms with van der Waals surface area (Å²) in [4.78, 5) is 19.4. The first-order valence-electron chi connectivity index (χ1n) is 4.33. The molecule has 0 aromatic carbocycles. The van der Waals surface area contributed by atoms with E-state index in [4.69, 9.17) is 5.11 Å². The van der Waals surface area contributed by atoms with Gasteiger partial charge in [-0.2, -0.15) is 0 Å². The average molecular weight is 205 g/mol. The van der Waals surface area contributed by atoms with E-state index in [1.807, 2.05) is 0 Å². The van der Waals surface area contributed by atoms with Crippen LogP contribution >= 0.6 is 0 Å². The Bertz CT molecular complexity index is 164. The molecule has 0 bridgehead atoms. The van der Waals surface area contributed by atoms with Crippen LogP contribution in [0.2, 0.25) is 0 Å². The number of carboxylic acids is 2. The molecule has 0 aliphatic heterocycles. The van der Waals surface area contributed by atoms with E-state index in [9.17, 15) is 14.7 Å². The lowest BCUT2D eigenvalue weighted by atomic mass is 10.2. The molecule has 0 aromatic rings. The second-order valence-corrected chi connectivity index (χ2v) is 4.30. The molecule has 0 saturated carbocycles. The Morgan fingerprint density at radius 3 is 1.71 bits per heavy atom.